The average Bonchev–Trinajstić information content (AvgIpc) is 2.92. The van der Waals surface area contributed by atoms with Crippen molar-refractivity contribution in [2.75, 3.05) is 7.05 Å². The number of rotatable bonds is 4. The fourth-order valence-electron chi connectivity index (χ4n) is 4.17. The molecule has 3 nitrogen and oxygen atoms in total. The molecule has 2 aliphatic rings. The molecule has 2 aliphatic carbocycles. The molecule has 20 heavy (non-hydrogen) atoms. The van der Waals surface area contributed by atoms with Gasteiger partial charge in [0.25, 0.3) is 0 Å². The Labute approximate surface area is 120 Å². The van der Waals surface area contributed by atoms with Gasteiger partial charge in [0.1, 0.15) is 0 Å². The van der Waals surface area contributed by atoms with Crippen molar-refractivity contribution in [2.24, 2.45) is 17.8 Å². The molecule has 3 atom stereocenters. The first-order chi connectivity index (χ1) is 9.88. The van der Waals surface area contributed by atoms with Crippen molar-refractivity contribution < 1.29 is 0 Å². The van der Waals surface area contributed by atoms with Gasteiger partial charge in [-0.1, -0.05) is 24.6 Å². The summed E-state index contributed by atoms with van der Waals surface area (Å²) in [6.45, 7) is 0. The van der Waals surface area contributed by atoms with Gasteiger partial charge >= 0.3 is 0 Å². The van der Waals surface area contributed by atoms with E-state index < -0.39 is 0 Å². The Morgan fingerprint density at radius 2 is 1.95 bits per heavy atom. The summed E-state index contributed by atoms with van der Waals surface area (Å²) in [5, 5.41) is 8.06. The van der Waals surface area contributed by atoms with Crippen molar-refractivity contribution in [3.63, 3.8) is 0 Å². The number of fused-ring (bicyclic) bond motifs is 1. The Morgan fingerprint density at radius 3 is 2.65 bits per heavy atom. The van der Waals surface area contributed by atoms with Crippen molar-refractivity contribution in [3.05, 3.63) is 48.3 Å². The summed E-state index contributed by atoms with van der Waals surface area (Å²) in [6.07, 6.45) is 8.51. The molecule has 0 saturated heterocycles. The lowest BCUT2D eigenvalue weighted by molar-refractivity contribution is 0.444. The lowest BCUT2D eigenvalue weighted by Crippen LogP contribution is -2.20. The summed E-state index contributed by atoms with van der Waals surface area (Å²) in [5.41, 5.74) is 2.46. The molecule has 2 saturated carbocycles. The smallest absolute Gasteiger partial charge is 0.0645 e. The first-order valence-electron chi connectivity index (χ1n) is 7.66. The van der Waals surface area contributed by atoms with E-state index in [0.717, 1.165) is 23.4 Å². The molecule has 3 heteroatoms. The van der Waals surface area contributed by atoms with Gasteiger partial charge in [-0.3, -0.25) is 0 Å². The van der Waals surface area contributed by atoms with Crippen molar-refractivity contribution >= 4 is 0 Å². The Bertz CT molecular complexity index is 579. The molecule has 0 amide bonds. The van der Waals surface area contributed by atoms with Crippen LogP contribution in [0.25, 0.3) is 5.69 Å². The van der Waals surface area contributed by atoms with Crippen LogP contribution in [-0.2, 0) is 0 Å². The highest BCUT2D eigenvalue weighted by atomic mass is 15.3. The van der Waals surface area contributed by atoms with Gasteiger partial charge in [0.05, 0.1) is 11.9 Å². The number of nitrogens with zero attached hydrogens (tertiary/aromatic N) is 2. The van der Waals surface area contributed by atoms with E-state index >= 15 is 0 Å². The number of benzene rings is 1. The van der Waals surface area contributed by atoms with E-state index in [1.54, 1.807) is 0 Å². The first kappa shape index (κ1) is 12.2. The second kappa shape index (κ2) is 4.74. The Balaban J connectivity index is 1.58. The van der Waals surface area contributed by atoms with Crippen molar-refractivity contribution in [2.45, 2.75) is 25.3 Å². The SMILES string of the molecule is CNC(c1cnn(-c2ccccc2)c1)C1C2CCCC21. The fraction of sp³-hybridized carbons (Fsp3) is 0.471. The molecule has 4 rings (SSSR count). The van der Waals surface area contributed by atoms with Gasteiger partial charge < -0.3 is 5.32 Å². The van der Waals surface area contributed by atoms with E-state index in [1.165, 1.54) is 24.8 Å². The van der Waals surface area contributed by atoms with Crippen LogP contribution >= 0.6 is 0 Å². The number of hydrogen-bond donors (Lipinski definition) is 1. The molecule has 1 heterocycles. The molecule has 1 aromatic carbocycles. The van der Waals surface area contributed by atoms with Crippen molar-refractivity contribution in [1.82, 2.24) is 15.1 Å². The molecule has 104 valence electrons. The molecule has 0 radical (unpaired) electrons. The predicted molar refractivity (Wildman–Crippen MR) is 79.7 cm³/mol. The number of para-hydroxylation sites is 1. The quantitative estimate of drug-likeness (QED) is 0.922. The normalized spacial score (nSPS) is 29.1. The van der Waals surface area contributed by atoms with E-state index in [1.807, 2.05) is 16.9 Å². The minimum Gasteiger partial charge on any atom is -0.313 e. The molecule has 1 N–H and O–H groups in total. The number of hydrogen-bond acceptors (Lipinski definition) is 2. The van der Waals surface area contributed by atoms with Crippen LogP contribution in [0.1, 0.15) is 30.9 Å². The molecule has 2 aromatic rings. The van der Waals surface area contributed by atoms with E-state index in [2.05, 4.69) is 47.9 Å². The zero-order valence-corrected chi connectivity index (χ0v) is 11.9. The van der Waals surface area contributed by atoms with E-state index in [-0.39, 0.29) is 0 Å². The molecule has 0 spiro atoms. The van der Waals surface area contributed by atoms with E-state index in [4.69, 9.17) is 0 Å². The van der Waals surface area contributed by atoms with Gasteiger partial charge in [-0.25, -0.2) is 4.68 Å². The van der Waals surface area contributed by atoms with Gasteiger partial charge in [-0.15, -0.1) is 0 Å². The van der Waals surface area contributed by atoms with Crippen LogP contribution < -0.4 is 5.32 Å². The van der Waals surface area contributed by atoms with Crippen LogP contribution in [0.15, 0.2) is 42.7 Å². The van der Waals surface area contributed by atoms with Gasteiger partial charge in [0.15, 0.2) is 0 Å². The Morgan fingerprint density at radius 1 is 1.20 bits per heavy atom. The summed E-state index contributed by atoms with van der Waals surface area (Å²) in [7, 11) is 2.08. The third kappa shape index (κ3) is 1.88. The minimum absolute atomic E-state index is 0.475. The monoisotopic (exact) mass is 267 g/mol. The Hall–Kier alpha value is -1.61. The minimum atomic E-state index is 0.475. The summed E-state index contributed by atoms with van der Waals surface area (Å²) in [6, 6.07) is 10.8. The predicted octanol–water partition coefficient (Wildman–Crippen LogP) is 3.18. The maximum atomic E-state index is 4.54. The van der Waals surface area contributed by atoms with Crippen LogP contribution in [0, 0.1) is 17.8 Å². The van der Waals surface area contributed by atoms with Gasteiger partial charge in [0, 0.05) is 17.8 Å². The largest absolute Gasteiger partial charge is 0.313 e. The summed E-state index contributed by atoms with van der Waals surface area (Å²) in [4.78, 5) is 0. The second-order valence-corrected chi connectivity index (χ2v) is 6.16. The molecule has 0 aliphatic heterocycles. The van der Waals surface area contributed by atoms with Crippen LogP contribution in [0.2, 0.25) is 0 Å². The average molecular weight is 267 g/mol. The van der Waals surface area contributed by atoms with Crippen LogP contribution in [-0.4, -0.2) is 16.8 Å². The highest BCUT2D eigenvalue weighted by molar-refractivity contribution is 5.32. The molecule has 2 fully saturated rings. The zero-order valence-electron chi connectivity index (χ0n) is 11.9. The van der Waals surface area contributed by atoms with Crippen LogP contribution in [0.5, 0.6) is 0 Å². The molecule has 1 aromatic heterocycles. The highest BCUT2D eigenvalue weighted by Gasteiger charge is 2.55. The first-order valence-corrected chi connectivity index (χ1v) is 7.66. The number of nitrogens with one attached hydrogen (secondary N) is 1. The summed E-state index contributed by atoms with van der Waals surface area (Å²) in [5.74, 6) is 2.77. The van der Waals surface area contributed by atoms with E-state index in [9.17, 15) is 0 Å². The standard InChI is InChI=1S/C17H21N3/c1-18-17(16-14-8-5-9-15(14)16)12-10-19-20(11-12)13-6-3-2-4-7-13/h2-4,6-7,10-11,14-18H,5,8-9H2,1H3. The van der Waals surface area contributed by atoms with Gasteiger partial charge in [-0.2, -0.15) is 5.10 Å². The zero-order chi connectivity index (χ0) is 13.5. The topological polar surface area (TPSA) is 29.9 Å². The van der Waals surface area contributed by atoms with Crippen LogP contribution in [0.3, 0.4) is 0 Å². The number of aromatic nitrogens is 2. The fourth-order valence-corrected chi connectivity index (χ4v) is 4.17. The third-order valence-corrected chi connectivity index (χ3v) is 5.15. The van der Waals surface area contributed by atoms with E-state index in [0.29, 0.717) is 6.04 Å². The maximum absolute atomic E-state index is 4.54. The molecular weight excluding hydrogens is 246 g/mol. The molecule has 3 unspecified atom stereocenters. The van der Waals surface area contributed by atoms with Crippen molar-refractivity contribution in [1.29, 1.82) is 0 Å². The summed E-state index contributed by atoms with van der Waals surface area (Å²) >= 11 is 0. The maximum Gasteiger partial charge on any atom is 0.0645 e. The molecule has 0 bridgehead atoms. The van der Waals surface area contributed by atoms with Gasteiger partial charge in [-0.05, 0) is 49.8 Å². The lowest BCUT2D eigenvalue weighted by atomic mass is 10.00. The lowest BCUT2D eigenvalue weighted by Gasteiger charge is -2.16. The van der Waals surface area contributed by atoms with Crippen molar-refractivity contribution in [3.8, 4) is 5.69 Å². The highest BCUT2D eigenvalue weighted by Crippen LogP contribution is 2.62. The third-order valence-electron chi connectivity index (χ3n) is 5.15. The van der Waals surface area contributed by atoms with Crippen LogP contribution in [0.4, 0.5) is 0 Å². The second-order valence-electron chi connectivity index (χ2n) is 6.16. The summed E-state index contributed by atoms with van der Waals surface area (Å²) < 4.78 is 1.98. The Kier molecular flexibility index (Phi) is 2.88. The molecular formula is C17H21N3. The van der Waals surface area contributed by atoms with Gasteiger partial charge in [0.2, 0.25) is 0 Å².